The van der Waals surface area contributed by atoms with Gasteiger partial charge in [0, 0.05) is 38.1 Å². The summed E-state index contributed by atoms with van der Waals surface area (Å²) in [6, 6.07) is 10.4. The maximum absolute atomic E-state index is 6.04. The van der Waals surface area contributed by atoms with Crippen LogP contribution in [0.1, 0.15) is 28.3 Å². The fourth-order valence-corrected chi connectivity index (χ4v) is 3.83. The Bertz CT molecular complexity index is 795. The van der Waals surface area contributed by atoms with E-state index in [0.717, 1.165) is 16.6 Å². The molecule has 4 heteroatoms. The first-order chi connectivity index (χ1) is 10.0. The standard InChI is InChI=1S/C17H17ClN2S/c1-10-8-15(12(3)21-10)11(2)20-16-6-7-19-17-9-13(18)4-5-14(16)17/h4-9,11H,1-3H3,(H,19,20). The number of anilines is 1. The van der Waals surface area contributed by atoms with Crippen LogP contribution in [0.25, 0.3) is 10.9 Å². The van der Waals surface area contributed by atoms with Gasteiger partial charge in [-0.1, -0.05) is 11.6 Å². The summed E-state index contributed by atoms with van der Waals surface area (Å²) >= 11 is 7.88. The Kier molecular flexibility index (Phi) is 3.87. The average Bonchev–Trinajstić information content (AvgIpc) is 2.77. The molecule has 0 fully saturated rings. The highest BCUT2D eigenvalue weighted by Gasteiger charge is 2.12. The highest BCUT2D eigenvalue weighted by molar-refractivity contribution is 7.12. The lowest BCUT2D eigenvalue weighted by Crippen LogP contribution is -2.07. The number of pyridine rings is 1. The van der Waals surface area contributed by atoms with Gasteiger partial charge in [-0.25, -0.2) is 0 Å². The molecule has 0 bridgehead atoms. The van der Waals surface area contributed by atoms with Gasteiger partial charge in [0.15, 0.2) is 0 Å². The van der Waals surface area contributed by atoms with Gasteiger partial charge in [-0.15, -0.1) is 11.3 Å². The first-order valence-corrected chi connectivity index (χ1v) is 8.12. The Balaban J connectivity index is 1.96. The Morgan fingerprint density at radius 3 is 2.71 bits per heavy atom. The number of nitrogens with one attached hydrogen (secondary N) is 1. The van der Waals surface area contributed by atoms with Crippen molar-refractivity contribution in [3.05, 3.63) is 56.9 Å². The van der Waals surface area contributed by atoms with Crippen LogP contribution in [0.3, 0.4) is 0 Å². The number of hydrogen-bond donors (Lipinski definition) is 1. The van der Waals surface area contributed by atoms with Gasteiger partial charge in [0.1, 0.15) is 0 Å². The number of benzene rings is 1. The fourth-order valence-electron chi connectivity index (χ4n) is 2.64. The van der Waals surface area contributed by atoms with E-state index < -0.39 is 0 Å². The van der Waals surface area contributed by atoms with Gasteiger partial charge < -0.3 is 5.32 Å². The summed E-state index contributed by atoms with van der Waals surface area (Å²) in [6.07, 6.45) is 1.82. The van der Waals surface area contributed by atoms with Crippen LogP contribution in [0.15, 0.2) is 36.5 Å². The number of aryl methyl sites for hydroxylation is 2. The van der Waals surface area contributed by atoms with Crippen molar-refractivity contribution in [2.24, 2.45) is 0 Å². The number of rotatable bonds is 3. The van der Waals surface area contributed by atoms with Crippen LogP contribution in [0.2, 0.25) is 5.02 Å². The van der Waals surface area contributed by atoms with Gasteiger partial charge in [-0.2, -0.15) is 0 Å². The van der Waals surface area contributed by atoms with Gasteiger partial charge in [0.25, 0.3) is 0 Å². The van der Waals surface area contributed by atoms with Crippen LogP contribution in [-0.4, -0.2) is 4.98 Å². The maximum Gasteiger partial charge on any atom is 0.0737 e. The van der Waals surface area contributed by atoms with Crippen LogP contribution >= 0.6 is 22.9 Å². The van der Waals surface area contributed by atoms with E-state index in [1.54, 1.807) is 0 Å². The molecule has 3 aromatic rings. The zero-order valence-corrected chi connectivity index (χ0v) is 13.8. The van der Waals surface area contributed by atoms with Crippen molar-refractivity contribution in [1.29, 1.82) is 0 Å². The quantitative estimate of drug-likeness (QED) is 0.666. The zero-order valence-electron chi connectivity index (χ0n) is 12.3. The van der Waals surface area contributed by atoms with E-state index in [2.05, 4.69) is 37.1 Å². The van der Waals surface area contributed by atoms with Crippen molar-refractivity contribution in [2.75, 3.05) is 5.32 Å². The molecule has 21 heavy (non-hydrogen) atoms. The van der Waals surface area contributed by atoms with Gasteiger partial charge >= 0.3 is 0 Å². The summed E-state index contributed by atoms with van der Waals surface area (Å²) in [7, 11) is 0. The van der Waals surface area contributed by atoms with Crippen molar-refractivity contribution >= 4 is 39.5 Å². The number of aromatic nitrogens is 1. The smallest absolute Gasteiger partial charge is 0.0737 e. The zero-order chi connectivity index (χ0) is 15.0. The molecular weight excluding hydrogens is 300 g/mol. The van der Waals surface area contributed by atoms with E-state index in [1.807, 2.05) is 41.8 Å². The second kappa shape index (κ2) is 5.66. The first-order valence-electron chi connectivity index (χ1n) is 6.92. The molecule has 2 aromatic heterocycles. The summed E-state index contributed by atoms with van der Waals surface area (Å²) in [5.74, 6) is 0. The summed E-state index contributed by atoms with van der Waals surface area (Å²) in [6.45, 7) is 6.52. The Morgan fingerprint density at radius 1 is 1.19 bits per heavy atom. The molecule has 0 aliphatic rings. The molecule has 2 heterocycles. The van der Waals surface area contributed by atoms with Gasteiger partial charge in [0.2, 0.25) is 0 Å². The molecule has 1 unspecified atom stereocenters. The normalized spacial score (nSPS) is 12.6. The number of hydrogen-bond acceptors (Lipinski definition) is 3. The molecule has 0 aliphatic heterocycles. The minimum absolute atomic E-state index is 0.260. The van der Waals surface area contributed by atoms with E-state index in [9.17, 15) is 0 Å². The van der Waals surface area contributed by atoms with E-state index in [-0.39, 0.29) is 6.04 Å². The summed E-state index contributed by atoms with van der Waals surface area (Å²) in [4.78, 5) is 7.10. The molecule has 108 valence electrons. The molecule has 3 rings (SSSR count). The largest absolute Gasteiger partial charge is 0.378 e. The lowest BCUT2D eigenvalue weighted by atomic mass is 10.1. The highest BCUT2D eigenvalue weighted by atomic mass is 35.5. The van der Waals surface area contributed by atoms with Crippen molar-refractivity contribution in [3.8, 4) is 0 Å². The van der Waals surface area contributed by atoms with Gasteiger partial charge in [-0.05, 0) is 56.7 Å². The van der Waals surface area contributed by atoms with E-state index in [4.69, 9.17) is 11.6 Å². The SMILES string of the molecule is Cc1cc(C(C)Nc2ccnc3cc(Cl)ccc23)c(C)s1. The molecule has 1 N–H and O–H groups in total. The first kappa shape index (κ1) is 14.4. The monoisotopic (exact) mass is 316 g/mol. The molecule has 1 aromatic carbocycles. The van der Waals surface area contributed by atoms with Crippen LogP contribution in [-0.2, 0) is 0 Å². The van der Waals surface area contributed by atoms with Crippen molar-refractivity contribution < 1.29 is 0 Å². The third-order valence-electron chi connectivity index (χ3n) is 3.62. The van der Waals surface area contributed by atoms with Crippen molar-refractivity contribution in [1.82, 2.24) is 4.98 Å². The van der Waals surface area contributed by atoms with Crippen LogP contribution in [0.5, 0.6) is 0 Å². The number of thiophene rings is 1. The predicted molar refractivity (Wildman–Crippen MR) is 92.6 cm³/mol. The summed E-state index contributed by atoms with van der Waals surface area (Å²) < 4.78 is 0. The molecule has 2 nitrogen and oxygen atoms in total. The molecule has 0 saturated heterocycles. The van der Waals surface area contributed by atoms with Crippen molar-refractivity contribution in [3.63, 3.8) is 0 Å². The predicted octanol–water partition coefficient (Wildman–Crippen LogP) is 5.74. The Hall–Kier alpha value is -1.58. The van der Waals surface area contributed by atoms with E-state index >= 15 is 0 Å². The topological polar surface area (TPSA) is 24.9 Å². The molecule has 0 spiro atoms. The average molecular weight is 317 g/mol. The molecule has 1 atom stereocenters. The minimum Gasteiger partial charge on any atom is -0.378 e. The molecule has 0 aliphatic carbocycles. The second-order valence-corrected chi connectivity index (χ2v) is 7.15. The highest BCUT2D eigenvalue weighted by Crippen LogP contribution is 2.31. The van der Waals surface area contributed by atoms with Crippen LogP contribution in [0.4, 0.5) is 5.69 Å². The van der Waals surface area contributed by atoms with E-state index in [0.29, 0.717) is 5.02 Å². The molecule has 0 saturated carbocycles. The number of fused-ring (bicyclic) bond motifs is 1. The summed E-state index contributed by atoms with van der Waals surface area (Å²) in [5.41, 5.74) is 3.36. The second-order valence-electron chi connectivity index (χ2n) is 5.25. The van der Waals surface area contributed by atoms with Gasteiger partial charge in [-0.3, -0.25) is 4.98 Å². The fraction of sp³-hybridized carbons (Fsp3) is 0.235. The minimum atomic E-state index is 0.260. The van der Waals surface area contributed by atoms with Crippen LogP contribution in [0, 0.1) is 13.8 Å². The third kappa shape index (κ3) is 2.89. The lowest BCUT2D eigenvalue weighted by Gasteiger charge is -2.17. The lowest BCUT2D eigenvalue weighted by molar-refractivity contribution is 0.883. The maximum atomic E-state index is 6.04. The third-order valence-corrected chi connectivity index (χ3v) is 4.84. The molecular formula is C17H17ClN2S. The molecule has 0 amide bonds. The van der Waals surface area contributed by atoms with E-state index in [1.165, 1.54) is 15.3 Å². The number of nitrogens with zero attached hydrogens (tertiary/aromatic N) is 1. The summed E-state index contributed by atoms with van der Waals surface area (Å²) in [5, 5.41) is 5.41. The Morgan fingerprint density at radius 2 is 2.00 bits per heavy atom. The van der Waals surface area contributed by atoms with Crippen LogP contribution < -0.4 is 5.32 Å². The van der Waals surface area contributed by atoms with Crippen molar-refractivity contribution in [2.45, 2.75) is 26.8 Å². The van der Waals surface area contributed by atoms with Gasteiger partial charge in [0.05, 0.1) is 5.52 Å². The molecule has 0 radical (unpaired) electrons. The Labute approximate surface area is 133 Å². The number of halogens is 1.